The molecule has 23 heavy (non-hydrogen) atoms. The molecule has 1 aromatic heterocycles. The van der Waals surface area contributed by atoms with Crippen LogP contribution in [-0.2, 0) is 0 Å². The Bertz CT molecular complexity index is 766. The highest BCUT2D eigenvalue weighted by molar-refractivity contribution is 6.35. The number of nitrogens with one attached hydrogen (secondary N) is 2. The van der Waals surface area contributed by atoms with E-state index in [1.54, 1.807) is 6.92 Å². The largest absolute Gasteiger partial charge is 0.435 e. The highest BCUT2D eigenvalue weighted by Gasteiger charge is 2.25. The number of alkyl halides is 2. The van der Waals surface area contributed by atoms with E-state index in [9.17, 15) is 23.7 Å². The number of H-pyrrole nitrogens is 1. The second-order valence-corrected chi connectivity index (χ2v) is 4.68. The van der Waals surface area contributed by atoms with E-state index in [1.165, 1.54) is 18.2 Å². The number of rotatable bonds is 5. The molecule has 0 bridgehead atoms. The van der Waals surface area contributed by atoms with Crippen molar-refractivity contribution >= 4 is 29.0 Å². The molecular weight excluding hydrogens is 338 g/mol. The van der Waals surface area contributed by atoms with Gasteiger partial charge in [-0.1, -0.05) is 16.7 Å². The zero-order valence-corrected chi connectivity index (χ0v) is 12.2. The van der Waals surface area contributed by atoms with E-state index in [2.05, 4.69) is 15.2 Å². The molecule has 8 nitrogen and oxygen atoms in total. The van der Waals surface area contributed by atoms with Crippen molar-refractivity contribution in [3.8, 4) is 5.75 Å². The van der Waals surface area contributed by atoms with Gasteiger partial charge in [-0.3, -0.25) is 4.79 Å². The summed E-state index contributed by atoms with van der Waals surface area (Å²) in [4.78, 5) is 21.9. The van der Waals surface area contributed by atoms with Crippen LogP contribution in [-0.4, -0.2) is 27.6 Å². The minimum absolute atomic E-state index is 0.0658. The number of ether oxygens (including phenoxy) is 1. The van der Waals surface area contributed by atoms with E-state index in [1.807, 2.05) is 5.10 Å². The van der Waals surface area contributed by atoms with E-state index in [-0.39, 0.29) is 11.4 Å². The van der Waals surface area contributed by atoms with Crippen LogP contribution in [0.1, 0.15) is 16.1 Å². The first-order valence-corrected chi connectivity index (χ1v) is 6.42. The maximum atomic E-state index is 12.1. The first-order chi connectivity index (χ1) is 10.8. The predicted octanol–water partition coefficient (Wildman–Crippen LogP) is 3.13. The number of aromatic nitrogens is 2. The Balaban J connectivity index is 2.19. The van der Waals surface area contributed by atoms with Gasteiger partial charge in [0.15, 0.2) is 10.7 Å². The third-order valence-electron chi connectivity index (χ3n) is 2.76. The molecule has 0 spiro atoms. The number of hydrogen-bond donors (Lipinski definition) is 2. The average Bonchev–Trinajstić information content (AvgIpc) is 2.83. The van der Waals surface area contributed by atoms with E-state index in [4.69, 9.17) is 11.6 Å². The first kappa shape index (κ1) is 16.6. The van der Waals surface area contributed by atoms with E-state index in [0.717, 1.165) is 0 Å². The molecule has 0 atom stereocenters. The van der Waals surface area contributed by atoms with Crippen LogP contribution in [0.4, 0.5) is 20.3 Å². The third kappa shape index (κ3) is 3.72. The average molecular weight is 347 g/mol. The lowest BCUT2D eigenvalue weighted by Gasteiger charge is -2.10. The molecule has 0 aliphatic rings. The smallest absolute Gasteiger partial charge is 0.387 e. The van der Waals surface area contributed by atoms with Gasteiger partial charge >= 0.3 is 12.4 Å². The molecule has 0 radical (unpaired) electrons. The quantitative estimate of drug-likeness (QED) is 0.638. The Hall–Kier alpha value is -2.75. The van der Waals surface area contributed by atoms with Crippen LogP contribution in [0.15, 0.2) is 18.2 Å². The zero-order valence-electron chi connectivity index (χ0n) is 11.5. The van der Waals surface area contributed by atoms with Crippen molar-refractivity contribution in [2.75, 3.05) is 5.32 Å². The third-order valence-corrected chi connectivity index (χ3v) is 3.12. The Morgan fingerprint density at radius 2 is 2.22 bits per heavy atom. The number of hydrogen-bond acceptors (Lipinski definition) is 5. The standard InChI is InChI=1S/C12H9ClF2N4O4/c1-5-4-6(23-12(14)15)2-3-7(5)16-11(20)9-8(13)10(18-17-9)19(21)22/h2-4,12H,1H3,(H,16,20)(H,17,18). The van der Waals surface area contributed by atoms with Crippen molar-refractivity contribution in [2.24, 2.45) is 0 Å². The van der Waals surface area contributed by atoms with Crippen LogP contribution in [0.2, 0.25) is 5.02 Å². The molecule has 2 N–H and O–H groups in total. The number of nitro groups is 1. The van der Waals surface area contributed by atoms with Gasteiger partial charge < -0.3 is 20.2 Å². The molecule has 11 heteroatoms. The minimum atomic E-state index is -2.96. The highest BCUT2D eigenvalue weighted by atomic mass is 35.5. The van der Waals surface area contributed by atoms with Crippen molar-refractivity contribution in [3.63, 3.8) is 0 Å². The van der Waals surface area contributed by atoms with E-state index < -0.39 is 28.3 Å². The van der Waals surface area contributed by atoms with Gasteiger partial charge in [0.25, 0.3) is 5.91 Å². The number of halogens is 3. The van der Waals surface area contributed by atoms with Gasteiger partial charge in [0.05, 0.1) is 0 Å². The zero-order chi connectivity index (χ0) is 17.1. The summed E-state index contributed by atoms with van der Waals surface area (Å²) < 4.78 is 28.5. The number of amides is 1. The molecule has 0 saturated heterocycles. The second-order valence-electron chi connectivity index (χ2n) is 4.30. The molecule has 0 unspecified atom stereocenters. The second kappa shape index (κ2) is 6.57. The summed E-state index contributed by atoms with van der Waals surface area (Å²) in [6, 6.07) is 3.89. The summed E-state index contributed by atoms with van der Waals surface area (Å²) in [5, 5.41) is 18.2. The Morgan fingerprint density at radius 1 is 1.52 bits per heavy atom. The Labute approximate surface area is 132 Å². The van der Waals surface area contributed by atoms with Crippen LogP contribution < -0.4 is 10.1 Å². The Kier molecular flexibility index (Phi) is 4.74. The molecule has 1 heterocycles. The van der Waals surface area contributed by atoms with Crippen LogP contribution >= 0.6 is 11.6 Å². The molecule has 122 valence electrons. The number of aromatic amines is 1. The van der Waals surface area contributed by atoms with Crippen molar-refractivity contribution < 1.29 is 23.2 Å². The van der Waals surface area contributed by atoms with Crippen molar-refractivity contribution in [1.82, 2.24) is 10.2 Å². The fraction of sp³-hybridized carbons (Fsp3) is 0.167. The molecule has 0 fully saturated rings. The molecule has 0 aliphatic heterocycles. The number of carbonyl (C=O) groups is 1. The molecule has 2 rings (SSSR count). The van der Waals surface area contributed by atoms with E-state index in [0.29, 0.717) is 11.3 Å². The highest BCUT2D eigenvalue weighted by Crippen LogP contribution is 2.27. The molecular formula is C12H9ClF2N4O4. The lowest BCUT2D eigenvalue weighted by Crippen LogP contribution is -2.14. The normalized spacial score (nSPS) is 10.7. The fourth-order valence-corrected chi connectivity index (χ4v) is 1.96. The Morgan fingerprint density at radius 3 is 2.74 bits per heavy atom. The maximum Gasteiger partial charge on any atom is 0.387 e. The van der Waals surface area contributed by atoms with Crippen molar-refractivity contribution in [1.29, 1.82) is 0 Å². The van der Waals surface area contributed by atoms with Crippen molar-refractivity contribution in [3.05, 3.63) is 44.6 Å². The number of benzene rings is 1. The van der Waals surface area contributed by atoms with Gasteiger partial charge in [0.1, 0.15) is 5.75 Å². The summed E-state index contributed by atoms with van der Waals surface area (Å²) in [7, 11) is 0. The van der Waals surface area contributed by atoms with Crippen molar-refractivity contribution in [2.45, 2.75) is 13.5 Å². The summed E-state index contributed by atoms with van der Waals surface area (Å²) in [6.07, 6.45) is 0. The molecule has 1 aromatic carbocycles. The maximum absolute atomic E-state index is 12.1. The molecule has 1 amide bonds. The summed E-state index contributed by atoms with van der Waals surface area (Å²) >= 11 is 5.70. The lowest BCUT2D eigenvalue weighted by atomic mass is 10.2. The predicted molar refractivity (Wildman–Crippen MR) is 76.0 cm³/mol. The van der Waals surface area contributed by atoms with Crippen LogP contribution in [0.3, 0.4) is 0 Å². The van der Waals surface area contributed by atoms with Crippen LogP contribution in [0, 0.1) is 17.0 Å². The lowest BCUT2D eigenvalue weighted by molar-refractivity contribution is -0.389. The number of nitrogens with zero attached hydrogens (tertiary/aromatic N) is 2. The van der Waals surface area contributed by atoms with Crippen LogP contribution in [0.25, 0.3) is 0 Å². The first-order valence-electron chi connectivity index (χ1n) is 6.04. The van der Waals surface area contributed by atoms with Gasteiger partial charge in [-0.15, -0.1) is 5.10 Å². The van der Waals surface area contributed by atoms with Gasteiger partial charge in [0.2, 0.25) is 0 Å². The fourth-order valence-electron chi connectivity index (χ4n) is 1.72. The minimum Gasteiger partial charge on any atom is -0.435 e. The number of anilines is 1. The monoisotopic (exact) mass is 346 g/mol. The molecule has 0 saturated carbocycles. The topological polar surface area (TPSA) is 110 Å². The van der Waals surface area contributed by atoms with Gasteiger partial charge in [0, 0.05) is 5.69 Å². The summed E-state index contributed by atoms with van der Waals surface area (Å²) in [5.74, 6) is -1.46. The number of carbonyl (C=O) groups excluding carboxylic acids is 1. The summed E-state index contributed by atoms with van der Waals surface area (Å²) in [6.45, 7) is -1.40. The van der Waals surface area contributed by atoms with Gasteiger partial charge in [-0.05, 0) is 35.6 Å². The SMILES string of the molecule is Cc1cc(OC(F)F)ccc1NC(=O)c1n[nH]c([N+](=O)[O-])c1Cl. The molecule has 0 aliphatic carbocycles. The summed E-state index contributed by atoms with van der Waals surface area (Å²) in [5.41, 5.74) is 0.377. The van der Waals surface area contributed by atoms with Gasteiger partial charge in [-0.25, -0.2) is 0 Å². The molecule has 2 aromatic rings. The number of aryl methyl sites for hydroxylation is 1. The van der Waals surface area contributed by atoms with Gasteiger partial charge in [-0.2, -0.15) is 8.78 Å². The van der Waals surface area contributed by atoms with E-state index >= 15 is 0 Å². The van der Waals surface area contributed by atoms with Crippen LogP contribution in [0.5, 0.6) is 5.75 Å².